The van der Waals surface area contributed by atoms with E-state index in [2.05, 4.69) is 159 Å². The lowest BCUT2D eigenvalue weighted by atomic mass is 9.89. The van der Waals surface area contributed by atoms with Gasteiger partial charge in [0.1, 0.15) is 48.6 Å². The minimum atomic E-state index is -3.50. The highest BCUT2D eigenvalue weighted by Gasteiger charge is 2.37. The van der Waals surface area contributed by atoms with Crippen molar-refractivity contribution in [1.82, 2.24) is 98.0 Å². The van der Waals surface area contributed by atoms with Crippen LogP contribution in [0, 0.1) is 24.2 Å². The summed E-state index contributed by atoms with van der Waals surface area (Å²) in [5.74, 6) is 5.60. The Morgan fingerprint density at radius 3 is 1.10 bits per heavy atom. The van der Waals surface area contributed by atoms with Crippen LogP contribution < -0.4 is 56.8 Å². The molecule has 0 spiro atoms. The molecule has 772 valence electrons. The molecule has 4 saturated heterocycles. The van der Waals surface area contributed by atoms with Crippen molar-refractivity contribution >= 4 is 133 Å². The van der Waals surface area contributed by atoms with Crippen molar-refractivity contribution in [2.24, 2.45) is 17.3 Å². The van der Waals surface area contributed by atoms with E-state index in [4.69, 9.17) is 9.47 Å². The highest BCUT2D eigenvalue weighted by molar-refractivity contribution is 7.89. The standard InChI is InChI=1S/C32H39N9O3S.C27H36N8O3.C26H34N8O3.C20H22N6O/c1-23-5-11-30(12-6-23)45(43,44)39-17-15-37(16-18-39)28-9-7-27(8-10-28)35-32-34-22-40(36-32)29-13-14-33-31(19-29)38-20-24(2)41(26(4)42)25(3)21-38;1-18-14-33(15-19(2)35(18)20(3)36)24-13-23(11-12-28-24)34-17-29-25(32-34)30-21-7-9-22(10-8-21)31-26(37)38-16-27(4,5)6;1-17(2)15-37-26(36)30-22-8-6-21(7-9-22)29-25-28-16-33(31-25)23-10-11-27-24(12-23)32-13-18(3)34(20(5)35)19(4)14-32;27-19(15-7-3-1-4-8-15)24-18-13-17(11-12-21-18)26-14-22-20(25-26)23-16-9-5-2-6-10-16/h5-14,19,22,24-25H,15-18,20-21H2,1-4H3,(H,35,36);7-13,17-19H,14-16H2,1-6H3,(H,30,32)(H,31,37);6-12,16-19H,13-15H2,1-5H3,(H,29,31)(H,30,36);2,5-6,9-15H,1,3-4,7-8H2,(H,23,25)(H,21,24,27)/t24-,25+;2*18-,19+;. The Balaban J connectivity index is 0.000000149. The van der Waals surface area contributed by atoms with Crippen LogP contribution in [0.25, 0.3) is 22.7 Å². The molecule has 1 aliphatic carbocycles. The van der Waals surface area contributed by atoms with Crippen molar-refractivity contribution in [2.45, 2.75) is 177 Å². The van der Waals surface area contributed by atoms with Crippen LogP contribution in [-0.4, -0.2) is 257 Å². The van der Waals surface area contributed by atoms with Gasteiger partial charge in [-0.1, -0.05) is 89.8 Å². The van der Waals surface area contributed by atoms with Gasteiger partial charge in [0.05, 0.1) is 40.9 Å². The van der Waals surface area contributed by atoms with Crippen molar-refractivity contribution in [2.75, 3.05) is 135 Å². The summed E-state index contributed by atoms with van der Waals surface area (Å²) < 4.78 is 44.8. The Labute approximate surface area is 856 Å². The molecule has 1 saturated carbocycles. The van der Waals surface area contributed by atoms with E-state index in [1.165, 1.54) is 6.42 Å². The highest BCUT2D eigenvalue weighted by atomic mass is 32.2. The maximum Gasteiger partial charge on any atom is 0.411 e. The van der Waals surface area contributed by atoms with E-state index in [1.807, 2.05) is 196 Å². The number of aromatic nitrogens is 16. The maximum atomic E-state index is 13.1. The second-order valence-electron chi connectivity index (χ2n) is 39.1. The summed E-state index contributed by atoms with van der Waals surface area (Å²) >= 11 is 0. The van der Waals surface area contributed by atoms with Crippen molar-refractivity contribution < 1.29 is 46.7 Å². The third kappa shape index (κ3) is 28.6. The molecule has 8 aromatic heterocycles. The van der Waals surface area contributed by atoms with E-state index in [9.17, 15) is 37.2 Å². The van der Waals surface area contributed by atoms with Gasteiger partial charge in [0, 0.05) is 217 Å². The zero-order valence-corrected chi connectivity index (χ0v) is 86.5. The van der Waals surface area contributed by atoms with Gasteiger partial charge in [-0.3, -0.25) is 29.8 Å². The molecule has 4 aliphatic heterocycles. The lowest BCUT2D eigenvalue weighted by Gasteiger charge is -2.44. The van der Waals surface area contributed by atoms with E-state index in [1.54, 1.807) is 130 Å². The number of pyridine rings is 4. The van der Waals surface area contributed by atoms with E-state index < -0.39 is 22.2 Å². The topological polar surface area (TPSA) is 440 Å². The fourth-order valence-corrected chi connectivity index (χ4v) is 19.9. The van der Waals surface area contributed by atoms with Crippen molar-refractivity contribution in [3.05, 3.63) is 232 Å². The largest absolute Gasteiger partial charge is 0.449 e. The Morgan fingerprint density at radius 2 is 0.735 bits per heavy atom. The van der Waals surface area contributed by atoms with Gasteiger partial charge in [-0.25, -0.2) is 56.7 Å². The molecule has 6 atom stereocenters. The van der Waals surface area contributed by atoms with Crippen LogP contribution in [0.4, 0.5) is 96.5 Å². The number of nitrogens with zero attached hydrogens (tertiary/aromatic N) is 24. The molecular formula is C105H131N31O10S. The van der Waals surface area contributed by atoms with Gasteiger partial charge >= 0.3 is 12.2 Å². The summed E-state index contributed by atoms with van der Waals surface area (Å²) in [7, 11) is -3.50. The fraction of sp³-hybridized carbons (Fsp3) is 0.390. The Bertz CT molecular complexity index is 6690. The molecule has 41 nitrogen and oxygen atoms in total. The molecule has 0 bridgehead atoms. The molecule has 5 fully saturated rings. The predicted octanol–water partition coefficient (Wildman–Crippen LogP) is 16.1. The smallest absolute Gasteiger partial charge is 0.411 e. The molecule has 12 heterocycles. The van der Waals surface area contributed by atoms with Crippen LogP contribution in [-0.2, 0) is 38.7 Å². The van der Waals surface area contributed by atoms with Crippen LogP contribution in [0.2, 0.25) is 0 Å². The molecule has 7 N–H and O–H groups in total. The minimum Gasteiger partial charge on any atom is -0.449 e. The average Bonchev–Trinajstić information content (AvgIpc) is 1.65. The number of nitrogens with one attached hydrogen (secondary N) is 7. The number of benzene rings is 5. The van der Waals surface area contributed by atoms with Gasteiger partial charge in [-0.15, -0.1) is 20.4 Å². The summed E-state index contributed by atoms with van der Waals surface area (Å²) in [6.45, 7) is 36.2. The highest BCUT2D eigenvalue weighted by Crippen LogP contribution is 2.33. The lowest BCUT2D eigenvalue weighted by Crippen LogP contribution is -2.58. The third-order valence-electron chi connectivity index (χ3n) is 25.4. The van der Waals surface area contributed by atoms with Crippen LogP contribution in [0.15, 0.2) is 231 Å². The zero-order valence-electron chi connectivity index (χ0n) is 85.7. The number of hydrogen-bond donors (Lipinski definition) is 7. The number of carbonyl (C=O) groups excluding carboxylic acids is 6. The quantitative estimate of drug-likeness (QED) is 0.0279. The number of para-hydroxylation sites is 1. The summed E-state index contributed by atoms with van der Waals surface area (Å²) in [4.78, 5) is 123. The molecule has 6 amide bonds. The number of anilines is 15. The zero-order chi connectivity index (χ0) is 104. The van der Waals surface area contributed by atoms with Crippen molar-refractivity contribution in [3.8, 4) is 22.7 Å². The summed E-state index contributed by atoms with van der Waals surface area (Å²) in [6, 6.07) is 55.0. The minimum absolute atomic E-state index is 0.0596. The number of hydrogen-bond acceptors (Lipinski definition) is 30. The molecule has 42 heteroatoms. The first-order chi connectivity index (χ1) is 70.5. The van der Waals surface area contributed by atoms with Gasteiger partial charge in [0.2, 0.25) is 57.4 Å². The van der Waals surface area contributed by atoms with Gasteiger partial charge < -0.3 is 70.4 Å². The van der Waals surface area contributed by atoms with Gasteiger partial charge in [0.15, 0.2) is 0 Å². The molecular weight excluding hydrogens is 1890 g/mol. The number of ether oxygens (including phenoxy) is 2. The Hall–Kier alpha value is -16.0. The number of rotatable bonds is 25. The first-order valence-electron chi connectivity index (χ1n) is 49.6. The van der Waals surface area contributed by atoms with Crippen LogP contribution >= 0.6 is 0 Å². The molecule has 5 aliphatic rings. The van der Waals surface area contributed by atoms with Gasteiger partial charge in [-0.2, -0.15) is 24.2 Å². The Kier molecular flexibility index (Phi) is 34.5. The van der Waals surface area contributed by atoms with Gasteiger partial charge in [0.25, 0.3) is 0 Å². The molecule has 147 heavy (non-hydrogen) atoms. The summed E-state index contributed by atoms with van der Waals surface area (Å²) in [5, 5.41) is 39.3. The van der Waals surface area contributed by atoms with Gasteiger partial charge in [-0.05, 0) is 194 Å². The number of piperazine rings is 4. The van der Waals surface area contributed by atoms with Crippen LogP contribution in [0.5, 0.6) is 0 Å². The maximum absolute atomic E-state index is 13.1. The number of sulfonamides is 1. The molecule has 18 rings (SSSR count). The number of aryl methyl sites for hydroxylation is 1. The van der Waals surface area contributed by atoms with E-state index in [-0.39, 0.29) is 77.1 Å². The first-order valence-corrected chi connectivity index (χ1v) is 51.1. The second-order valence-corrected chi connectivity index (χ2v) is 41.1. The monoisotopic (exact) mass is 2020 g/mol. The normalized spacial score (nSPS) is 17.7. The summed E-state index contributed by atoms with van der Waals surface area (Å²) in [5.41, 5.74) is 9.85. The van der Waals surface area contributed by atoms with Crippen molar-refractivity contribution in [1.29, 1.82) is 0 Å². The first kappa shape index (κ1) is 105. The fourth-order valence-electron chi connectivity index (χ4n) is 18.5. The van der Waals surface area contributed by atoms with Crippen LogP contribution in [0.1, 0.15) is 135 Å². The number of carbonyl (C=O) groups is 6. The van der Waals surface area contributed by atoms with E-state index in [0.29, 0.717) is 125 Å². The van der Waals surface area contributed by atoms with E-state index >= 15 is 0 Å². The van der Waals surface area contributed by atoms with Crippen molar-refractivity contribution in [3.63, 3.8) is 0 Å². The third-order valence-corrected chi connectivity index (χ3v) is 27.3. The summed E-state index contributed by atoms with van der Waals surface area (Å²) in [6.07, 6.45) is 18.0. The molecule has 0 unspecified atom stereocenters. The van der Waals surface area contributed by atoms with E-state index in [0.717, 1.165) is 99.9 Å². The predicted molar refractivity (Wildman–Crippen MR) is 568 cm³/mol. The van der Waals surface area contributed by atoms with Crippen LogP contribution in [0.3, 0.4) is 0 Å². The average molecular weight is 2020 g/mol. The second kappa shape index (κ2) is 48.1. The number of amides is 6. The lowest BCUT2D eigenvalue weighted by molar-refractivity contribution is -0.134. The Morgan fingerprint density at radius 1 is 0.388 bits per heavy atom. The molecule has 5 aromatic carbocycles. The SMILES string of the molecule is CC(=O)N1[C@H](C)CN(c2cc(-n3cnc(Nc4ccc(N5CCN(S(=O)(=O)c6ccc(C)cc6)CC5)cc4)n3)ccn2)C[C@@H]1C.CC(=O)N1[C@H](C)CN(c2cc(-n3cnc(Nc4ccc(NC(=O)OCC(C)(C)C)cc4)n3)ccn2)C[C@@H]1C.CC(=O)N1[C@H](C)CN(c2cc(-n3cnc(Nc4ccc(NC(=O)OCC(C)C)cc4)n3)ccn2)C[C@@H]1C.O=C(Nc1cc(-n2cnc(Nc3ccccc3)n2)ccn1)C1CCCCC1. The molecule has 13 aromatic rings. The molecule has 0 radical (unpaired) electrons.